The third-order valence-corrected chi connectivity index (χ3v) is 7.13. The van der Waals surface area contributed by atoms with Crippen LogP contribution in [0.1, 0.15) is 25.0 Å². The van der Waals surface area contributed by atoms with Gasteiger partial charge in [0.05, 0.1) is 0 Å². The molecule has 172 valence electrons. The first-order valence-corrected chi connectivity index (χ1v) is 12.1. The fourth-order valence-corrected chi connectivity index (χ4v) is 5.09. The molecule has 1 aliphatic carbocycles. The summed E-state index contributed by atoms with van der Waals surface area (Å²) in [7, 11) is 0. The van der Waals surface area contributed by atoms with E-state index >= 15 is 0 Å². The Kier molecular flexibility index (Phi) is 5.09. The summed E-state index contributed by atoms with van der Waals surface area (Å²) in [5.41, 5.74) is 5.01. The number of likely N-dealkylation sites (tertiary alicyclic amines) is 1. The lowest BCUT2D eigenvalue weighted by atomic mass is 10.0. The van der Waals surface area contributed by atoms with Crippen LogP contribution in [0.4, 0.5) is 0 Å². The molecule has 6 rings (SSSR count). The molecule has 6 heteroatoms. The van der Waals surface area contributed by atoms with E-state index in [9.17, 15) is 9.59 Å². The van der Waals surface area contributed by atoms with E-state index in [2.05, 4.69) is 41.4 Å². The number of rotatable bonds is 5. The van der Waals surface area contributed by atoms with Crippen molar-refractivity contribution in [2.45, 2.75) is 32.7 Å². The number of nitrogens with one attached hydrogen (secondary N) is 1. The van der Waals surface area contributed by atoms with Gasteiger partial charge in [-0.15, -0.1) is 0 Å². The van der Waals surface area contributed by atoms with Gasteiger partial charge in [0.25, 0.3) is 5.56 Å². The first-order chi connectivity index (χ1) is 16.5. The van der Waals surface area contributed by atoms with E-state index in [1.54, 1.807) is 10.6 Å². The lowest BCUT2D eigenvalue weighted by Gasteiger charge is -2.18. The average molecular weight is 453 g/mol. The van der Waals surface area contributed by atoms with Gasteiger partial charge >= 0.3 is 0 Å². The van der Waals surface area contributed by atoms with Crippen molar-refractivity contribution in [1.29, 1.82) is 0 Å². The van der Waals surface area contributed by atoms with Crippen LogP contribution in [0.2, 0.25) is 0 Å². The summed E-state index contributed by atoms with van der Waals surface area (Å²) in [5, 5.41) is 1.18. The normalized spacial score (nSPS) is 18.0. The number of fused-ring (bicyclic) bond motifs is 1. The Hall–Kier alpha value is -3.67. The quantitative estimate of drug-likeness (QED) is 0.480. The second-order valence-electron chi connectivity index (χ2n) is 9.74. The Labute approximate surface area is 198 Å². The zero-order valence-corrected chi connectivity index (χ0v) is 19.3. The predicted molar refractivity (Wildman–Crippen MR) is 133 cm³/mol. The van der Waals surface area contributed by atoms with Gasteiger partial charge < -0.3 is 9.88 Å². The summed E-state index contributed by atoms with van der Waals surface area (Å²) in [4.78, 5) is 35.4. The second-order valence-corrected chi connectivity index (χ2v) is 9.74. The van der Waals surface area contributed by atoms with Gasteiger partial charge in [-0.25, -0.2) is 4.98 Å². The molecule has 0 bridgehead atoms. The molecule has 0 spiro atoms. The first kappa shape index (κ1) is 20.9. The number of H-pyrrole nitrogens is 1. The number of benzene rings is 2. The molecule has 1 saturated heterocycles. The molecule has 34 heavy (non-hydrogen) atoms. The van der Waals surface area contributed by atoms with Crippen LogP contribution in [-0.2, 0) is 11.3 Å². The number of hydrogen-bond donors (Lipinski definition) is 1. The minimum absolute atomic E-state index is 0.0311. The summed E-state index contributed by atoms with van der Waals surface area (Å²) < 4.78 is 1.80. The largest absolute Gasteiger partial charge is 0.361 e. The number of amides is 1. The molecule has 1 amide bonds. The average Bonchev–Trinajstić information content (AvgIpc) is 3.40. The number of aromatic amines is 1. The van der Waals surface area contributed by atoms with Crippen LogP contribution in [0.15, 0.2) is 65.6 Å². The number of hydrogen-bond acceptors (Lipinski definition) is 3. The molecule has 1 saturated carbocycles. The van der Waals surface area contributed by atoms with E-state index in [0.29, 0.717) is 18.3 Å². The number of aryl methyl sites for hydroxylation is 1. The van der Waals surface area contributed by atoms with Gasteiger partial charge in [0.1, 0.15) is 5.82 Å². The van der Waals surface area contributed by atoms with E-state index in [-0.39, 0.29) is 17.4 Å². The van der Waals surface area contributed by atoms with Crippen molar-refractivity contribution >= 4 is 16.8 Å². The smallest absolute Gasteiger partial charge is 0.253 e. The molecule has 1 aliphatic heterocycles. The Balaban J connectivity index is 1.27. The Morgan fingerprint density at radius 3 is 2.56 bits per heavy atom. The van der Waals surface area contributed by atoms with E-state index in [0.717, 1.165) is 60.3 Å². The molecule has 2 aliphatic rings. The number of carbonyl (C=O) groups is 1. The summed E-state index contributed by atoms with van der Waals surface area (Å²) in [6.45, 7) is 3.97. The Bertz CT molecular complexity index is 1430. The molecule has 3 heterocycles. The standard InChI is InChI=1S/C28H28N4O2/c1-18-14-26(33)32(17-19-11-13-31(16-19)28(34)22-6-7-22)27(30-18)21-4-2-20(3-5-21)23-8-9-25-24(15-23)10-12-29-25/h2-5,8-10,12,14-15,19,22,29H,6-7,11,13,16-17H2,1H3/t19-/m1/s1. The van der Waals surface area contributed by atoms with Crippen LogP contribution in [-0.4, -0.2) is 38.4 Å². The molecular weight excluding hydrogens is 424 g/mol. The summed E-state index contributed by atoms with van der Waals surface area (Å²) >= 11 is 0. The van der Waals surface area contributed by atoms with Crippen molar-refractivity contribution in [3.05, 3.63) is 76.8 Å². The third kappa shape index (κ3) is 3.94. The molecule has 4 aromatic rings. The first-order valence-electron chi connectivity index (χ1n) is 12.1. The van der Waals surface area contributed by atoms with Crippen LogP contribution in [0.25, 0.3) is 33.4 Å². The van der Waals surface area contributed by atoms with E-state index in [1.165, 1.54) is 5.39 Å². The monoisotopic (exact) mass is 452 g/mol. The number of nitrogens with zero attached hydrogens (tertiary/aromatic N) is 3. The van der Waals surface area contributed by atoms with Crippen LogP contribution >= 0.6 is 0 Å². The van der Waals surface area contributed by atoms with Gasteiger partial charge in [0.2, 0.25) is 5.91 Å². The molecule has 2 aromatic heterocycles. The van der Waals surface area contributed by atoms with Gasteiger partial charge in [0, 0.05) is 54.6 Å². The van der Waals surface area contributed by atoms with Crippen LogP contribution < -0.4 is 5.56 Å². The maximum Gasteiger partial charge on any atom is 0.253 e. The highest BCUT2D eigenvalue weighted by atomic mass is 16.2. The lowest BCUT2D eigenvalue weighted by Crippen LogP contribution is -2.32. The van der Waals surface area contributed by atoms with Crippen molar-refractivity contribution in [3.63, 3.8) is 0 Å². The Morgan fingerprint density at radius 2 is 1.76 bits per heavy atom. The topological polar surface area (TPSA) is 71.0 Å². The van der Waals surface area contributed by atoms with Crippen molar-refractivity contribution in [3.8, 4) is 22.5 Å². The molecule has 2 fully saturated rings. The number of aromatic nitrogens is 3. The molecular formula is C28H28N4O2. The van der Waals surface area contributed by atoms with Crippen molar-refractivity contribution in [2.24, 2.45) is 11.8 Å². The fraction of sp³-hybridized carbons (Fsp3) is 0.321. The molecule has 6 nitrogen and oxygen atoms in total. The van der Waals surface area contributed by atoms with E-state index in [4.69, 9.17) is 4.98 Å². The highest BCUT2D eigenvalue weighted by Gasteiger charge is 2.36. The molecule has 0 unspecified atom stereocenters. The van der Waals surface area contributed by atoms with Crippen LogP contribution in [0, 0.1) is 18.8 Å². The minimum atomic E-state index is -0.0311. The van der Waals surface area contributed by atoms with Gasteiger partial charge in [-0.1, -0.05) is 30.3 Å². The minimum Gasteiger partial charge on any atom is -0.361 e. The predicted octanol–water partition coefficient (Wildman–Crippen LogP) is 4.63. The maximum absolute atomic E-state index is 13.0. The van der Waals surface area contributed by atoms with Crippen molar-refractivity contribution in [2.75, 3.05) is 13.1 Å². The zero-order valence-electron chi connectivity index (χ0n) is 19.3. The SMILES string of the molecule is Cc1cc(=O)n(C[C@@H]2CCN(C(=O)C3CC3)C2)c(-c2ccc(-c3ccc4[nH]ccc4c3)cc2)n1. The summed E-state index contributed by atoms with van der Waals surface area (Å²) in [5.74, 6) is 1.51. The molecule has 2 aromatic carbocycles. The van der Waals surface area contributed by atoms with Gasteiger partial charge in [-0.2, -0.15) is 0 Å². The van der Waals surface area contributed by atoms with Crippen molar-refractivity contribution < 1.29 is 4.79 Å². The van der Waals surface area contributed by atoms with Gasteiger partial charge in [-0.3, -0.25) is 14.2 Å². The van der Waals surface area contributed by atoms with E-state index < -0.39 is 0 Å². The van der Waals surface area contributed by atoms with Gasteiger partial charge in [-0.05, 0) is 66.8 Å². The molecule has 1 N–H and O–H groups in total. The second kappa shape index (κ2) is 8.28. The third-order valence-electron chi connectivity index (χ3n) is 7.13. The summed E-state index contributed by atoms with van der Waals surface area (Å²) in [6, 6.07) is 18.3. The summed E-state index contributed by atoms with van der Waals surface area (Å²) in [6.07, 6.45) is 4.94. The molecule has 1 atom stereocenters. The zero-order chi connectivity index (χ0) is 23.2. The maximum atomic E-state index is 13.0. The fourth-order valence-electron chi connectivity index (χ4n) is 5.09. The highest BCUT2D eigenvalue weighted by molar-refractivity contribution is 5.85. The molecule has 0 radical (unpaired) electrons. The van der Waals surface area contributed by atoms with Gasteiger partial charge in [0.15, 0.2) is 0 Å². The number of carbonyl (C=O) groups excluding carboxylic acids is 1. The lowest BCUT2D eigenvalue weighted by molar-refractivity contribution is -0.131. The van der Waals surface area contributed by atoms with Crippen LogP contribution in [0.3, 0.4) is 0 Å². The van der Waals surface area contributed by atoms with Crippen molar-refractivity contribution in [1.82, 2.24) is 19.4 Å². The van der Waals surface area contributed by atoms with E-state index in [1.807, 2.05) is 30.2 Å². The van der Waals surface area contributed by atoms with Crippen LogP contribution in [0.5, 0.6) is 0 Å². The highest BCUT2D eigenvalue weighted by Crippen LogP contribution is 2.33. The Morgan fingerprint density at radius 1 is 1.00 bits per heavy atom.